The second-order valence-corrected chi connectivity index (χ2v) is 4.13. The second-order valence-electron chi connectivity index (χ2n) is 4.13. The van der Waals surface area contributed by atoms with Gasteiger partial charge in [0.05, 0.1) is 0 Å². The number of benzene rings is 1. The molecule has 0 saturated carbocycles. The Morgan fingerprint density at radius 2 is 1.62 bits per heavy atom. The van der Waals surface area contributed by atoms with E-state index in [1.54, 1.807) is 12.1 Å². The van der Waals surface area contributed by atoms with Crippen LogP contribution in [0.4, 0.5) is 0 Å². The third-order valence-corrected chi connectivity index (χ3v) is 1.81. The van der Waals surface area contributed by atoms with Crippen molar-refractivity contribution in [2.24, 2.45) is 5.41 Å². The van der Waals surface area contributed by atoms with E-state index in [4.69, 9.17) is 5.11 Å². The highest BCUT2D eigenvalue weighted by Crippen LogP contribution is 2.21. The Balaban J connectivity index is 2.97. The zero-order valence-corrected chi connectivity index (χ0v) is 8.16. The molecule has 13 heavy (non-hydrogen) atoms. The Morgan fingerprint density at radius 3 is 2.00 bits per heavy atom. The Bertz CT molecular complexity index is 304. The fourth-order valence-electron chi connectivity index (χ4n) is 1.05. The van der Waals surface area contributed by atoms with Crippen molar-refractivity contribution in [3.8, 4) is 5.75 Å². The Morgan fingerprint density at radius 1 is 1.15 bits per heavy atom. The summed E-state index contributed by atoms with van der Waals surface area (Å²) in [5.74, 6) is 0.276. The average molecular weight is 178 g/mol. The van der Waals surface area contributed by atoms with Gasteiger partial charge in [-0.1, -0.05) is 20.8 Å². The molecule has 1 aromatic carbocycles. The summed E-state index contributed by atoms with van der Waals surface area (Å²) in [6.45, 7) is 5.63. The molecule has 0 aliphatic rings. The topological polar surface area (TPSA) is 37.3 Å². The lowest BCUT2D eigenvalue weighted by Gasteiger charge is -2.16. The van der Waals surface area contributed by atoms with Crippen molar-refractivity contribution in [2.45, 2.75) is 20.8 Å². The van der Waals surface area contributed by atoms with Gasteiger partial charge in [-0.25, -0.2) is 0 Å². The SMILES string of the molecule is CC(C)(C)C(=O)c1ccc(O)cc1. The number of phenols is 1. The molecule has 0 spiro atoms. The molecule has 2 nitrogen and oxygen atoms in total. The number of aromatic hydroxyl groups is 1. The maximum Gasteiger partial charge on any atom is 0.168 e. The van der Waals surface area contributed by atoms with Crippen LogP contribution in [0.5, 0.6) is 5.75 Å². The minimum Gasteiger partial charge on any atom is -0.508 e. The van der Waals surface area contributed by atoms with E-state index in [2.05, 4.69) is 0 Å². The first-order valence-corrected chi connectivity index (χ1v) is 4.25. The third-order valence-electron chi connectivity index (χ3n) is 1.81. The molecule has 0 heterocycles. The number of hydrogen-bond acceptors (Lipinski definition) is 2. The van der Waals surface area contributed by atoms with Crippen molar-refractivity contribution in [1.29, 1.82) is 0 Å². The molecule has 0 unspecified atom stereocenters. The number of phenolic OH excluding ortho intramolecular Hbond substituents is 1. The van der Waals surface area contributed by atoms with Gasteiger partial charge in [0.1, 0.15) is 5.75 Å². The summed E-state index contributed by atoms with van der Waals surface area (Å²) >= 11 is 0. The van der Waals surface area contributed by atoms with Gasteiger partial charge in [0.25, 0.3) is 0 Å². The summed E-state index contributed by atoms with van der Waals surface area (Å²) in [4.78, 5) is 11.7. The summed E-state index contributed by atoms with van der Waals surface area (Å²) in [5.41, 5.74) is 0.280. The molecule has 0 atom stereocenters. The van der Waals surface area contributed by atoms with E-state index < -0.39 is 0 Å². The summed E-state index contributed by atoms with van der Waals surface area (Å²) in [5, 5.41) is 9.03. The van der Waals surface area contributed by atoms with E-state index in [1.165, 1.54) is 12.1 Å². The number of hydrogen-bond donors (Lipinski definition) is 1. The molecule has 1 aromatic rings. The Labute approximate surface area is 78.2 Å². The fraction of sp³-hybridized carbons (Fsp3) is 0.364. The molecule has 0 radical (unpaired) electrons. The maximum atomic E-state index is 11.7. The first-order chi connectivity index (χ1) is 5.91. The van der Waals surface area contributed by atoms with Crippen molar-refractivity contribution in [3.05, 3.63) is 29.8 Å². The van der Waals surface area contributed by atoms with E-state index in [0.29, 0.717) is 5.56 Å². The molecule has 0 amide bonds. The third kappa shape index (κ3) is 2.31. The van der Waals surface area contributed by atoms with Crippen LogP contribution in [0.3, 0.4) is 0 Å². The molecule has 0 fully saturated rings. The van der Waals surface area contributed by atoms with Crippen LogP contribution in [0.25, 0.3) is 0 Å². The minimum absolute atomic E-state index is 0.0903. The van der Waals surface area contributed by atoms with Crippen LogP contribution >= 0.6 is 0 Å². The van der Waals surface area contributed by atoms with Crippen molar-refractivity contribution in [2.75, 3.05) is 0 Å². The molecule has 2 heteroatoms. The molecule has 0 bridgehead atoms. The highest BCUT2D eigenvalue weighted by Gasteiger charge is 2.22. The van der Waals surface area contributed by atoms with Gasteiger partial charge < -0.3 is 5.11 Å². The van der Waals surface area contributed by atoms with Gasteiger partial charge in [0, 0.05) is 11.0 Å². The van der Waals surface area contributed by atoms with Gasteiger partial charge in [-0.3, -0.25) is 4.79 Å². The number of rotatable bonds is 1. The zero-order chi connectivity index (χ0) is 10.1. The number of carbonyl (C=O) groups excluding carboxylic acids is 1. The fourth-order valence-corrected chi connectivity index (χ4v) is 1.05. The average Bonchev–Trinajstić information content (AvgIpc) is 2.03. The molecular weight excluding hydrogens is 164 g/mol. The quantitative estimate of drug-likeness (QED) is 0.671. The highest BCUT2D eigenvalue weighted by atomic mass is 16.3. The number of ketones is 1. The van der Waals surface area contributed by atoms with Crippen LogP contribution in [0.15, 0.2) is 24.3 Å². The Kier molecular flexibility index (Phi) is 2.41. The number of Topliss-reactive ketones (excluding diaryl/α,β-unsaturated/α-hetero) is 1. The van der Waals surface area contributed by atoms with Crippen LogP contribution in [-0.4, -0.2) is 10.9 Å². The van der Waals surface area contributed by atoms with Crippen LogP contribution in [0.1, 0.15) is 31.1 Å². The monoisotopic (exact) mass is 178 g/mol. The van der Waals surface area contributed by atoms with Gasteiger partial charge in [-0.05, 0) is 24.3 Å². The molecule has 70 valence electrons. The van der Waals surface area contributed by atoms with Gasteiger partial charge in [-0.2, -0.15) is 0 Å². The van der Waals surface area contributed by atoms with Crippen LogP contribution in [0, 0.1) is 5.41 Å². The first kappa shape index (κ1) is 9.78. The smallest absolute Gasteiger partial charge is 0.168 e. The maximum absolute atomic E-state index is 11.7. The first-order valence-electron chi connectivity index (χ1n) is 4.25. The van der Waals surface area contributed by atoms with Crippen molar-refractivity contribution in [1.82, 2.24) is 0 Å². The van der Waals surface area contributed by atoms with Gasteiger partial charge in [-0.15, -0.1) is 0 Å². The van der Waals surface area contributed by atoms with Crippen LogP contribution in [0.2, 0.25) is 0 Å². The zero-order valence-electron chi connectivity index (χ0n) is 8.16. The summed E-state index contributed by atoms with van der Waals surface area (Å²) in [6.07, 6.45) is 0. The highest BCUT2D eigenvalue weighted by molar-refractivity contribution is 5.99. The van der Waals surface area contributed by atoms with E-state index in [0.717, 1.165) is 0 Å². The van der Waals surface area contributed by atoms with E-state index >= 15 is 0 Å². The van der Waals surface area contributed by atoms with Gasteiger partial charge >= 0.3 is 0 Å². The predicted octanol–water partition coefficient (Wildman–Crippen LogP) is 2.62. The standard InChI is InChI=1S/C11H14O2/c1-11(2,3)10(13)8-4-6-9(12)7-5-8/h4-7,12H,1-3H3. The summed E-state index contributed by atoms with van der Waals surface area (Å²) in [6, 6.07) is 6.34. The molecule has 1 rings (SSSR count). The largest absolute Gasteiger partial charge is 0.508 e. The lowest BCUT2D eigenvalue weighted by atomic mass is 9.86. The summed E-state index contributed by atoms with van der Waals surface area (Å²) in [7, 11) is 0. The van der Waals surface area contributed by atoms with E-state index in [1.807, 2.05) is 20.8 Å². The van der Waals surface area contributed by atoms with Gasteiger partial charge in [0.2, 0.25) is 0 Å². The number of carbonyl (C=O) groups is 1. The second kappa shape index (κ2) is 3.21. The normalized spacial score (nSPS) is 11.3. The van der Waals surface area contributed by atoms with E-state index in [9.17, 15) is 4.79 Å². The van der Waals surface area contributed by atoms with Crippen LogP contribution < -0.4 is 0 Å². The van der Waals surface area contributed by atoms with Crippen molar-refractivity contribution in [3.63, 3.8) is 0 Å². The molecule has 0 saturated heterocycles. The lowest BCUT2D eigenvalue weighted by Crippen LogP contribution is -2.19. The summed E-state index contributed by atoms with van der Waals surface area (Å²) < 4.78 is 0. The van der Waals surface area contributed by atoms with Gasteiger partial charge in [0.15, 0.2) is 5.78 Å². The van der Waals surface area contributed by atoms with Crippen LogP contribution in [-0.2, 0) is 0 Å². The molecule has 1 N–H and O–H groups in total. The van der Waals surface area contributed by atoms with Crippen molar-refractivity contribution >= 4 is 5.78 Å². The molecule has 0 aliphatic heterocycles. The molecular formula is C11H14O2. The lowest BCUT2D eigenvalue weighted by molar-refractivity contribution is 0.0858. The van der Waals surface area contributed by atoms with Crippen molar-refractivity contribution < 1.29 is 9.90 Å². The minimum atomic E-state index is -0.364. The van der Waals surface area contributed by atoms with E-state index in [-0.39, 0.29) is 16.9 Å². The Hall–Kier alpha value is -1.31. The molecule has 0 aliphatic carbocycles. The predicted molar refractivity (Wildman–Crippen MR) is 51.9 cm³/mol. The molecule has 0 aromatic heterocycles.